The van der Waals surface area contributed by atoms with E-state index in [0.29, 0.717) is 5.95 Å². The molecule has 11 aromatic rings. The van der Waals surface area contributed by atoms with Gasteiger partial charge < -0.3 is 9.32 Å². The molecule has 0 aliphatic rings. The summed E-state index contributed by atoms with van der Waals surface area (Å²) in [5, 5.41) is 7.63. The molecule has 3 aromatic heterocycles. The molecule has 8 aromatic carbocycles. The summed E-state index contributed by atoms with van der Waals surface area (Å²) in [6, 6.07) is 63.5. The Hall–Kier alpha value is -7.24. The van der Waals surface area contributed by atoms with Crippen LogP contribution >= 0.6 is 0 Å². The molecule has 0 bridgehead atoms. The number of para-hydroxylation sites is 4. The number of furan rings is 1. The Morgan fingerprint density at radius 1 is 0.472 bits per heavy atom. The first-order valence-corrected chi connectivity index (χ1v) is 17.8. The minimum atomic E-state index is 0.603. The van der Waals surface area contributed by atoms with Crippen molar-refractivity contribution in [3.8, 4) is 17.2 Å². The van der Waals surface area contributed by atoms with Crippen LogP contribution in [0.1, 0.15) is 0 Å². The van der Waals surface area contributed by atoms with Gasteiger partial charge in [0.15, 0.2) is 5.58 Å². The summed E-state index contributed by atoms with van der Waals surface area (Å²) < 4.78 is 9.32. The van der Waals surface area contributed by atoms with Crippen molar-refractivity contribution in [3.63, 3.8) is 0 Å². The van der Waals surface area contributed by atoms with Crippen molar-refractivity contribution in [2.24, 2.45) is 0 Å². The highest BCUT2D eigenvalue weighted by atomic mass is 16.3. The van der Waals surface area contributed by atoms with Crippen LogP contribution < -0.4 is 4.90 Å². The third-order valence-electron chi connectivity index (χ3n) is 10.4. The van der Waals surface area contributed by atoms with E-state index in [1.54, 1.807) is 0 Å². The molecule has 248 valence electrons. The van der Waals surface area contributed by atoms with Gasteiger partial charge in [0.2, 0.25) is 5.95 Å². The molecule has 0 saturated heterocycles. The molecule has 0 N–H and O–H groups in total. The van der Waals surface area contributed by atoms with E-state index in [9.17, 15) is 0 Å². The largest absolute Gasteiger partial charge is 0.454 e. The van der Waals surface area contributed by atoms with Crippen LogP contribution in [-0.2, 0) is 0 Å². The van der Waals surface area contributed by atoms with Gasteiger partial charge in [0, 0.05) is 55.3 Å². The molecule has 3 heterocycles. The Balaban J connectivity index is 1.25. The standard InChI is InChI=1S/C48H30N4O/c1-4-16-31(17-5-1)45-38-25-12-14-26-40(38)49-48(50-45)52-41-27-15-13-23-35(41)37-28-29-39-44-36-24-11-10-22-34(36)42(30-43(44)53-47(39)46(37)52)51(32-18-6-2-7-19-32)33-20-8-3-9-21-33/h1-30H. The molecule has 0 saturated carbocycles. The van der Waals surface area contributed by atoms with Gasteiger partial charge in [-0.1, -0.05) is 133 Å². The summed E-state index contributed by atoms with van der Waals surface area (Å²) in [6.45, 7) is 0. The molecule has 0 radical (unpaired) electrons. The van der Waals surface area contributed by atoms with Gasteiger partial charge in [-0.25, -0.2) is 9.97 Å². The summed E-state index contributed by atoms with van der Waals surface area (Å²) in [5.41, 5.74) is 9.61. The minimum absolute atomic E-state index is 0.603. The van der Waals surface area contributed by atoms with Gasteiger partial charge >= 0.3 is 0 Å². The summed E-state index contributed by atoms with van der Waals surface area (Å²) >= 11 is 0. The number of hydrogen-bond acceptors (Lipinski definition) is 4. The SMILES string of the molecule is c1ccc(-c2nc(-n3c4ccccc4c4ccc5c(oc6cc(N(c7ccccc7)c7ccccc7)c7ccccc7c65)c43)nc3ccccc23)cc1. The summed E-state index contributed by atoms with van der Waals surface area (Å²) in [7, 11) is 0. The van der Waals surface area contributed by atoms with Crippen molar-refractivity contribution < 1.29 is 4.42 Å². The van der Waals surface area contributed by atoms with E-state index in [1.807, 2.05) is 18.2 Å². The Morgan fingerprint density at radius 2 is 1.06 bits per heavy atom. The summed E-state index contributed by atoms with van der Waals surface area (Å²) in [4.78, 5) is 12.9. The average Bonchev–Trinajstić information content (AvgIpc) is 3.78. The molecular formula is C48H30N4O. The number of benzene rings is 8. The van der Waals surface area contributed by atoms with Crippen LogP contribution in [0, 0.1) is 0 Å². The van der Waals surface area contributed by atoms with Gasteiger partial charge in [0.1, 0.15) is 11.1 Å². The van der Waals surface area contributed by atoms with Crippen LogP contribution in [0.5, 0.6) is 0 Å². The van der Waals surface area contributed by atoms with Crippen LogP contribution in [0.25, 0.3) is 82.6 Å². The lowest BCUT2D eigenvalue weighted by atomic mass is 10.00. The van der Waals surface area contributed by atoms with E-state index >= 15 is 0 Å². The monoisotopic (exact) mass is 678 g/mol. The molecular weight excluding hydrogens is 649 g/mol. The second-order valence-electron chi connectivity index (χ2n) is 13.4. The van der Waals surface area contributed by atoms with Crippen LogP contribution in [0.15, 0.2) is 186 Å². The Morgan fingerprint density at radius 3 is 1.79 bits per heavy atom. The highest BCUT2D eigenvalue weighted by Gasteiger charge is 2.24. The Bertz CT molecular complexity index is 3130. The molecule has 0 aliphatic carbocycles. The lowest BCUT2D eigenvalue weighted by Crippen LogP contribution is -2.10. The molecule has 0 amide bonds. The molecule has 0 spiro atoms. The van der Waals surface area contributed by atoms with Gasteiger partial charge in [-0.15, -0.1) is 0 Å². The Kier molecular flexibility index (Phi) is 6.48. The van der Waals surface area contributed by atoms with E-state index in [2.05, 4.69) is 173 Å². The van der Waals surface area contributed by atoms with Crippen LogP contribution in [0.3, 0.4) is 0 Å². The topological polar surface area (TPSA) is 47.1 Å². The lowest BCUT2D eigenvalue weighted by Gasteiger charge is -2.26. The molecule has 11 rings (SSSR count). The summed E-state index contributed by atoms with van der Waals surface area (Å²) in [5.74, 6) is 0.603. The average molecular weight is 679 g/mol. The van der Waals surface area contributed by atoms with Crippen molar-refractivity contribution in [2.45, 2.75) is 0 Å². The molecule has 5 nitrogen and oxygen atoms in total. The van der Waals surface area contributed by atoms with Gasteiger partial charge in [-0.2, -0.15) is 0 Å². The molecule has 0 aliphatic heterocycles. The molecule has 0 fully saturated rings. The van der Waals surface area contributed by atoms with Crippen LogP contribution in [0.2, 0.25) is 0 Å². The predicted octanol–water partition coefficient (Wildman–Crippen LogP) is 12.9. The summed E-state index contributed by atoms with van der Waals surface area (Å²) in [6.07, 6.45) is 0. The smallest absolute Gasteiger partial charge is 0.235 e. The minimum Gasteiger partial charge on any atom is -0.454 e. The zero-order chi connectivity index (χ0) is 34.9. The highest BCUT2D eigenvalue weighted by Crippen LogP contribution is 2.47. The van der Waals surface area contributed by atoms with E-state index in [1.165, 1.54) is 0 Å². The molecule has 5 heteroatoms. The number of rotatable bonds is 5. The van der Waals surface area contributed by atoms with Gasteiger partial charge in [0.25, 0.3) is 0 Å². The Labute approximate surface area is 304 Å². The third kappa shape index (κ3) is 4.51. The maximum Gasteiger partial charge on any atom is 0.235 e. The first kappa shape index (κ1) is 29.5. The number of nitrogens with zero attached hydrogens (tertiary/aromatic N) is 4. The zero-order valence-electron chi connectivity index (χ0n) is 28.5. The van der Waals surface area contributed by atoms with Crippen molar-refractivity contribution in [1.29, 1.82) is 0 Å². The van der Waals surface area contributed by atoms with Crippen molar-refractivity contribution in [3.05, 3.63) is 182 Å². The van der Waals surface area contributed by atoms with Crippen LogP contribution in [0.4, 0.5) is 17.1 Å². The van der Waals surface area contributed by atoms with Crippen molar-refractivity contribution in [1.82, 2.24) is 14.5 Å². The predicted molar refractivity (Wildman–Crippen MR) is 219 cm³/mol. The fourth-order valence-electron chi connectivity index (χ4n) is 8.08. The molecule has 0 unspecified atom stereocenters. The zero-order valence-corrected chi connectivity index (χ0v) is 28.5. The molecule has 0 atom stereocenters. The van der Waals surface area contributed by atoms with E-state index < -0.39 is 0 Å². The number of fused-ring (bicyclic) bond motifs is 10. The number of hydrogen-bond donors (Lipinski definition) is 0. The maximum atomic E-state index is 7.13. The van der Waals surface area contributed by atoms with E-state index in [4.69, 9.17) is 14.4 Å². The number of anilines is 3. The van der Waals surface area contributed by atoms with Gasteiger partial charge in [-0.3, -0.25) is 4.57 Å². The lowest BCUT2D eigenvalue weighted by molar-refractivity contribution is 0.671. The molecule has 53 heavy (non-hydrogen) atoms. The van der Waals surface area contributed by atoms with Crippen molar-refractivity contribution in [2.75, 3.05) is 4.90 Å². The normalized spacial score (nSPS) is 11.8. The van der Waals surface area contributed by atoms with E-state index in [-0.39, 0.29) is 0 Å². The fourth-order valence-corrected chi connectivity index (χ4v) is 8.08. The maximum absolute atomic E-state index is 7.13. The quantitative estimate of drug-likeness (QED) is 0.182. The van der Waals surface area contributed by atoms with Gasteiger partial charge in [0.05, 0.1) is 22.4 Å². The number of aromatic nitrogens is 3. The third-order valence-corrected chi connectivity index (χ3v) is 10.4. The first-order chi connectivity index (χ1) is 26.3. The highest BCUT2D eigenvalue weighted by molar-refractivity contribution is 6.27. The van der Waals surface area contributed by atoms with Gasteiger partial charge in [-0.05, 0) is 47.9 Å². The fraction of sp³-hybridized carbons (Fsp3) is 0. The van der Waals surface area contributed by atoms with Crippen LogP contribution in [-0.4, -0.2) is 14.5 Å². The van der Waals surface area contributed by atoms with Crippen molar-refractivity contribution >= 4 is 82.5 Å². The first-order valence-electron chi connectivity index (χ1n) is 17.8. The second-order valence-corrected chi connectivity index (χ2v) is 13.4. The second kappa shape index (κ2) is 11.7. The van der Waals surface area contributed by atoms with E-state index in [0.717, 1.165) is 93.7 Å².